The van der Waals surface area contributed by atoms with E-state index in [2.05, 4.69) is 5.32 Å². The Kier molecular flexibility index (Phi) is 4.41. The van der Waals surface area contributed by atoms with Gasteiger partial charge in [-0.25, -0.2) is 0 Å². The molecule has 19 heavy (non-hydrogen) atoms. The smallest absolute Gasteiger partial charge is 0.229 e. The van der Waals surface area contributed by atoms with Crippen molar-refractivity contribution in [1.29, 1.82) is 0 Å². The number of benzene rings is 1. The lowest BCUT2D eigenvalue weighted by Gasteiger charge is -2.10. The maximum absolute atomic E-state index is 11.9. The molecule has 2 aromatic rings. The van der Waals surface area contributed by atoms with Crippen molar-refractivity contribution >= 4 is 22.9 Å². The Bertz CT molecular complexity index is 552. The fraction of sp³-hybridized carbons (Fsp3) is 0.214. The van der Waals surface area contributed by atoms with Crippen molar-refractivity contribution in [2.45, 2.75) is 6.42 Å². The summed E-state index contributed by atoms with van der Waals surface area (Å²) in [7, 11) is 3.14. The first-order valence-electron chi connectivity index (χ1n) is 5.77. The summed E-state index contributed by atoms with van der Waals surface area (Å²) in [5.41, 5.74) is 0.694. The van der Waals surface area contributed by atoms with Crippen LogP contribution in [-0.4, -0.2) is 20.1 Å². The van der Waals surface area contributed by atoms with Gasteiger partial charge in [-0.2, -0.15) is 0 Å². The van der Waals surface area contributed by atoms with Crippen LogP contribution in [0.1, 0.15) is 4.88 Å². The third-order valence-corrected chi connectivity index (χ3v) is 3.46. The summed E-state index contributed by atoms with van der Waals surface area (Å²) in [5.74, 6) is 1.19. The fourth-order valence-corrected chi connectivity index (χ4v) is 2.39. The topological polar surface area (TPSA) is 47.6 Å². The Morgan fingerprint density at radius 2 is 2.00 bits per heavy atom. The second-order valence-corrected chi connectivity index (χ2v) is 4.91. The van der Waals surface area contributed by atoms with Gasteiger partial charge in [0.25, 0.3) is 0 Å². The van der Waals surface area contributed by atoms with Gasteiger partial charge in [-0.15, -0.1) is 11.3 Å². The van der Waals surface area contributed by atoms with Gasteiger partial charge in [-0.3, -0.25) is 4.79 Å². The van der Waals surface area contributed by atoms with E-state index in [-0.39, 0.29) is 5.91 Å². The van der Waals surface area contributed by atoms with Gasteiger partial charge in [-0.05, 0) is 23.6 Å². The van der Waals surface area contributed by atoms with Crippen LogP contribution in [0.5, 0.6) is 11.5 Å². The summed E-state index contributed by atoms with van der Waals surface area (Å²) >= 11 is 1.57. The lowest BCUT2D eigenvalue weighted by molar-refractivity contribution is -0.115. The molecule has 1 aromatic heterocycles. The first kappa shape index (κ1) is 13.4. The normalized spacial score (nSPS) is 10.0. The molecule has 1 amide bonds. The maximum atomic E-state index is 11.9. The number of methoxy groups -OCH3 is 2. The molecule has 1 aromatic carbocycles. The van der Waals surface area contributed by atoms with Crippen molar-refractivity contribution in [2.75, 3.05) is 19.5 Å². The molecule has 100 valence electrons. The Morgan fingerprint density at radius 1 is 1.21 bits per heavy atom. The molecule has 0 aliphatic carbocycles. The Morgan fingerprint density at radius 3 is 2.63 bits per heavy atom. The van der Waals surface area contributed by atoms with Crippen LogP contribution in [0.25, 0.3) is 0 Å². The number of carbonyl (C=O) groups excluding carboxylic acids is 1. The van der Waals surface area contributed by atoms with Crippen LogP contribution in [0.15, 0.2) is 35.7 Å². The molecule has 0 bridgehead atoms. The summed E-state index contributed by atoms with van der Waals surface area (Å²) in [5, 5.41) is 4.80. The van der Waals surface area contributed by atoms with Crippen molar-refractivity contribution in [3.05, 3.63) is 40.6 Å². The Balaban J connectivity index is 2.04. The van der Waals surface area contributed by atoms with E-state index in [9.17, 15) is 4.79 Å². The predicted octanol–water partition coefficient (Wildman–Crippen LogP) is 2.95. The zero-order valence-corrected chi connectivity index (χ0v) is 11.6. The molecule has 1 N–H and O–H groups in total. The molecule has 0 atom stereocenters. The number of hydrogen-bond acceptors (Lipinski definition) is 4. The van der Waals surface area contributed by atoms with Gasteiger partial charge in [-0.1, -0.05) is 6.07 Å². The molecule has 0 spiro atoms. The highest BCUT2D eigenvalue weighted by Crippen LogP contribution is 2.29. The molecular formula is C14H15NO3S. The van der Waals surface area contributed by atoms with Gasteiger partial charge in [0.15, 0.2) is 11.5 Å². The molecule has 2 rings (SSSR count). The maximum Gasteiger partial charge on any atom is 0.229 e. The minimum absolute atomic E-state index is 0.0466. The number of rotatable bonds is 5. The standard InChI is InChI=1S/C14H15NO3S/c1-17-12-6-5-10(8-13(12)18-2)15-14(16)9-11-4-3-7-19-11/h3-8H,9H2,1-2H3,(H,15,16). The van der Waals surface area contributed by atoms with Crippen molar-refractivity contribution in [1.82, 2.24) is 0 Å². The quantitative estimate of drug-likeness (QED) is 0.914. The van der Waals surface area contributed by atoms with E-state index in [0.29, 0.717) is 23.6 Å². The summed E-state index contributed by atoms with van der Waals surface area (Å²) < 4.78 is 10.3. The van der Waals surface area contributed by atoms with Gasteiger partial charge >= 0.3 is 0 Å². The summed E-state index contributed by atoms with van der Waals surface area (Å²) in [6, 6.07) is 9.17. The monoisotopic (exact) mass is 277 g/mol. The molecule has 0 saturated carbocycles. The van der Waals surface area contributed by atoms with E-state index in [0.717, 1.165) is 4.88 Å². The zero-order chi connectivity index (χ0) is 13.7. The van der Waals surface area contributed by atoms with Crippen LogP contribution < -0.4 is 14.8 Å². The van der Waals surface area contributed by atoms with E-state index < -0.39 is 0 Å². The van der Waals surface area contributed by atoms with E-state index >= 15 is 0 Å². The van der Waals surface area contributed by atoms with Gasteiger partial charge < -0.3 is 14.8 Å². The minimum atomic E-state index is -0.0466. The molecule has 0 aliphatic heterocycles. The first-order chi connectivity index (χ1) is 9.22. The number of amides is 1. The van der Waals surface area contributed by atoms with Crippen molar-refractivity contribution in [2.24, 2.45) is 0 Å². The van der Waals surface area contributed by atoms with Crippen LogP contribution in [0, 0.1) is 0 Å². The van der Waals surface area contributed by atoms with Crippen molar-refractivity contribution < 1.29 is 14.3 Å². The zero-order valence-electron chi connectivity index (χ0n) is 10.8. The van der Waals surface area contributed by atoms with Gasteiger partial charge in [0.05, 0.1) is 20.6 Å². The number of hydrogen-bond donors (Lipinski definition) is 1. The fourth-order valence-electron chi connectivity index (χ4n) is 1.69. The van der Waals surface area contributed by atoms with Crippen LogP contribution in [0.2, 0.25) is 0 Å². The number of nitrogens with one attached hydrogen (secondary N) is 1. The summed E-state index contributed by atoms with van der Waals surface area (Å²) in [4.78, 5) is 12.9. The van der Waals surface area contributed by atoms with Crippen LogP contribution >= 0.6 is 11.3 Å². The molecule has 1 heterocycles. The van der Waals surface area contributed by atoms with Gasteiger partial charge in [0, 0.05) is 16.6 Å². The Labute approximate surface area is 116 Å². The van der Waals surface area contributed by atoms with E-state index in [1.807, 2.05) is 17.5 Å². The van der Waals surface area contributed by atoms with Gasteiger partial charge in [0.2, 0.25) is 5.91 Å². The van der Waals surface area contributed by atoms with Crippen LogP contribution in [0.3, 0.4) is 0 Å². The minimum Gasteiger partial charge on any atom is -0.493 e. The molecule has 0 unspecified atom stereocenters. The molecule has 0 fully saturated rings. The SMILES string of the molecule is COc1ccc(NC(=O)Cc2cccs2)cc1OC. The third-order valence-electron chi connectivity index (χ3n) is 2.58. The van der Waals surface area contributed by atoms with Crippen molar-refractivity contribution in [3.8, 4) is 11.5 Å². The summed E-state index contributed by atoms with van der Waals surface area (Å²) in [6.07, 6.45) is 0.381. The van der Waals surface area contributed by atoms with E-state index in [1.165, 1.54) is 0 Å². The lowest BCUT2D eigenvalue weighted by atomic mass is 10.2. The molecular weight excluding hydrogens is 262 g/mol. The second kappa shape index (κ2) is 6.24. The van der Waals surface area contributed by atoms with E-state index in [4.69, 9.17) is 9.47 Å². The number of carbonyl (C=O) groups is 1. The second-order valence-electron chi connectivity index (χ2n) is 3.87. The Hall–Kier alpha value is -2.01. The van der Waals surface area contributed by atoms with Gasteiger partial charge in [0.1, 0.15) is 0 Å². The number of ether oxygens (including phenoxy) is 2. The molecule has 0 saturated heterocycles. The number of anilines is 1. The summed E-state index contributed by atoms with van der Waals surface area (Å²) in [6.45, 7) is 0. The molecule has 4 nitrogen and oxygen atoms in total. The predicted molar refractivity (Wildman–Crippen MR) is 76.2 cm³/mol. The van der Waals surface area contributed by atoms with Crippen molar-refractivity contribution in [3.63, 3.8) is 0 Å². The first-order valence-corrected chi connectivity index (χ1v) is 6.65. The lowest BCUT2D eigenvalue weighted by Crippen LogP contribution is -2.13. The van der Waals surface area contributed by atoms with E-state index in [1.54, 1.807) is 43.8 Å². The molecule has 0 radical (unpaired) electrons. The van der Waals surface area contributed by atoms with Crippen LogP contribution in [-0.2, 0) is 11.2 Å². The highest BCUT2D eigenvalue weighted by molar-refractivity contribution is 7.10. The largest absolute Gasteiger partial charge is 0.493 e. The number of thiophene rings is 1. The average molecular weight is 277 g/mol. The molecule has 0 aliphatic rings. The highest BCUT2D eigenvalue weighted by atomic mass is 32.1. The third kappa shape index (κ3) is 3.48. The average Bonchev–Trinajstić information content (AvgIpc) is 2.91. The molecule has 5 heteroatoms. The van der Waals surface area contributed by atoms with Crippen LogP contribution in [0.4, 0.5) is 5.69 Å². The highest BCUT2D eigenvalue weighted by Gasteiger charge is 2.08.